The number of nitrogens with zero attached hydrogens (tertiary/aromatic N) is 1. The summed E-state index contributed by atoms with van der Waals surface area (Å²) >= 11 is 0. The number of hydrogen-bond acceptors (Lipinski definition) is 4. The van der Waals surface area contributed by atoms with Crippen LogP contribution in [0.25, 0.3) is 0 Å². The number of hydrogen-bond donors (Lipinski definition) is 2. The molecular weight excluding hydrogens is 220 g/mol. The van der Waals surface area contributed by atoms with Crippen molar-refractivity contribution in [2.75, 3.05) is 26.2 Å². The van der Waals surface area contributed by atoms with Crippen LogP contribution in [0.2, 0.25) is 0 Å². The lowest BCUT2D eigenvalue weighted by molar-refractivity contribution is 0.0268. The van der Waals surface area contributed by atoms with Crippen molar-refractivity contribution in [1.82, 2.24) is 4.90 Å². The summed E-state index contributed by atoms with van der Waals surface area (Å²) in [5, 5.41) is 9.04. The van der Waals surface area contributed by atoms with Gasteiger partial charge in [0.2, 0.25) is 0 Å². The number of ether oxygens (including phenoxy) is 1. The zero-order valence-corrected chi connectivity index (χ0v) is 11.0. The van der Waals surface area contributed by atoms with Gasteiger partial charge in [-0.2, -0.15) is 0 Å². The molecule has 0 aromatic heterocycles. The van der Waals surface area contributed by atoms with Gasteiger partial charge in [-0.15, -0.1) is 0 Å². The summed E-state index contributed by atoms with van der Waals surface area (Å²) in [5.74, 6) is 0. The summed E-state index contributed by atoms with van der Waals surface area (Å²) in [4.78, 5) is 13.6. The van der Waals surface area contributed by atoms with Crippen molar-refractivity contribution in [1.29, 1.82) is 0 Å². The number of carbonyl (C=O) groups is 1. The van der Waals surface area contributed by atoms with E-state index in [9.17, 15) is 4.79 Å². The fourth-order valence-electron chi connectivity index (χ4n) is 2.13. The van der Waals surface area contributed by atoms with Crippen LogP contribution in [0.4, 0.5) is 4.79 Å². The van der Waals surface area contributed by atoms with Crippen molar-refractivity contribution < 1.29 is 14.6 Å². The minimum atomic E-state index is -0.470. The van der Waals surface area contributed by atoms with Crippen molar-refractivity contribution in [3.63, 3.8) is 0 Å². The molecule has 0 saturated carbocycles. The van der Waals surface area contributed by atoms with Crippen LogP contribution in [-0.2, 0) is 4.74 Å². The van der Waals surface area contributed by atoms with E-state index in [4.69, 9.17) is 15.6 Å². The second-order valence-corrected chi connectivity index (χ2v) is 5.83. The molecule has 1 atom stereocenters. The lowest BCUT2D eigenvalue weighted by Crippen LogP contribution is -2.39. The lowest BCUT2D eigenvalue weighted by Gasteiger charge is -2.28. The Hall–Kier alpha value is -0.810. The molecule has 1 unspecified atom stereocenters. The maximum absolute atomic E-state index is 11.9. The molecule has 0 radical (unpaired) electrons. The molecule has 3 N–H and O–H groups in total. The highest BCUT2D eigenvalue weighted by Crippen LogP contribution is 2.33. The van der Waals surface area contributed by atoms with Gasteiger partial charge >= 0.3 is 6.09 Å². The first kappa shape index (κ1) is 14.3. The van der Waals surface area contributed by atoms with E-state index in [0.29, 0.717) is 26.1 Å². The van der Waals surface area contributed by atoms with Crippen LogP contribution in [0.1, 0.15) is 33.6 Å². The maximum Gasteiger partial charge on any atom is 0.410 e. The summed E-state index contributed by atoms with van der Waals surface area (Å²) in [5.41, 5.74) is 5.15. The van der Waals surface area contributed by atoms with Crippen LogP contribution in [0.5, 0.6) is 0 Å². The van der Waals surface area contributed by atoms with Crippen LogP contribution < -0.4 is 5.73 Å². The highest BCUT2D eigenvalue weighted by molar-refractivity contribution is 5.68. The average molecular weight is 244 g/mol. The first-order chi connectivity index (χ1) is 7.82. The first-order valence-electron chi connectivity index (χ1n) is 6.11. The Morgan fingerprint density at radius 3 is 2.65 bits per heavy atom. The molecule has 1 aliphatic heterocycles. The van der Waals surface area contributed by atoms with Crippen molar-refractivity contribution in [2.45, 2.75) is 39.2 Å². The molecule has 0 aromatic rings. The Morgan fingerprint density at radius 1 is 1.53 bits per heavy atom. The van der Waals surface area contributed by atoms with Crippen LogP contribution >= 0.6 is 0 Å². The molecule has 1 saturated heterocycles. The van der Waals surface area contributed by atoms with E-state index in [1.54, 1.807) is 4.90 Å². The Bertz CT molecular complexity index is 275. The Kier molecular flexibility index (Phi) is 4.38. The number of rotatable bonds is 3. The molecule has 100 valence electrons. The molecule has 17 heavy (non-hydrogen) atoms. The Balaban J connectivity index is 2.57. The molecule has 1 fully saturated rings. The second-order valence-electron chi connectivity index (χ2n) is 5.83. The molecule has 0 bridgehead atoms. The third-order valence-electron chi connectivity index (χ3n) is 3.17. The van der Waals surface area contributed by atoms with E-state index in [1.807, 2.05) is 20.8 Å². The van der Waals surface area contributed by atoms with E-state index in [-0.39, 0.29) is 18.1 Å². The van der Waals surface area contributed by atoms with Gasteiger partial charge in [0.1, 0.15) is 5.60 Å². The van der Waals surface area contributed by atoms with E-state index < -0.39 is 5.60 Å². The predicted molar refractivity (Wildman–Crippen MR) is 65.6 cm³/mol. The Labute approximate surface area is 103 Å². The van der Waals surface area contributed by atoms with Crippen LogP contribution in [0, 0.1) is 5.41 Å². The van der Waals surface area contributed by atoms with Crippen molar-refractivity contribution in [3.8, 4) is 0 Å². The predicted octanol–water partition coefficient (Wildman–Crippen LogP) is 0.955. The van der Waals surface area contributed by atoms with Crippen molar-refractivity contribution in [2.24, 2.45) is 11.1 Å². The Morgan fingerprint density at radius 2 is 2.18 bits per heavy atom. The average Bonchev–Trinajstić information content (AvgIpc) is 2.61. The fourth-order valence-corrected chi connectivity index (χ4v) is 2.13. The topological polar surface area (TPSA) is 75.8 Å². The minimum Gasteiger partial charge on any atom is -0.444 e. The van der Waals surface area contributed by atoms with Gasteiger partial charge in [-0.05, 0) is 40.2 Å². The molecule has 5 nitrogen and oxygen atoms in total. The van der Waals surface area contributed by atoms with Gasteiger partial charge in [-0.25, -0.2) is 4.79 Å². The zero-order chi connectivity index (χ0) is 13.1. The van der Waals surface area contributed by atoms with Crippen LogP contribution in [0.15, 0.2) is 0 Å². The maximum atomic E-state index is 11.9. The third-order valence-corrected chi connectivity index (χ3v) is 3.17. The smallest absolute Gasteiger partial charge is 0.410 e. The van der Waals surface area contributed by atoms with Crippen LogP contribution in [0.3, 0.4) is 0 Å². The third kappa shape index (κ3) is 3.85. The zero-order valence-electron chi connectivity index (χ0n) is 11.0. The molecule has 0 aromatic carbocycles. The van der Waals surface area contributed by atoms with E-state index in [2.05, 4.69) is 0 Å². The van der Waals surface area contributed by atoms with E-state index in [1.165, 1.54) is 0 Å². The summed E-state index contributed by atoms with van der Waals surface area (Å²) in [6.45, 7) is 7.40. The van der Waals surface area contributed by atoms with Crippen molar-refractivity contribution >= 4 is 6.09 Å². The van der Waals surface area contributed by atoms with Gasteiger partial charge in [0.15, 0.2) is 0 Å². The lowest BCUT2D eigenvalue weighted by atomic mass is 9.84. The van der Waals surface area contributed by atoms with Gasteiger partial charge < -0.3 is 20.5 Å². The monoisotopic (exact) mass is 244 g/mol. The van der Waals surface area contributed by atoms with Gasteiger partial charge in [0.25, 0.3) is 0 Å². The summed E-state index contributed by atoms with van der Waals surface area (Å²) in [6, 6.07) is 0. The number of nitrogens with two attached hydrogens (primary N) is 1. The molecule has 1 heterocycles. The number of aliphatic hydroxyl groups is 1. The highest BCUT2D eigenvalue weighted by atomic mass is 16.6. The standard InChI is InChI=1S/C12H24N2O3/c1-11(2,3)17-10(16)14-6-4-12(8-13,9-14)5-7-15/h15H,4-9,13H2,1-3H3. The van der Waals surface area contributed by atoms with Gasteiger partial charge in [0.05, 0.1) is 0 Å². The number of amides is 1. The number of aliphatic hydroxyl groups excluding tert-OH is 1. The quantitative estimate of drug-likeness (QED) is 0.775. The molecule has 0 spiro atoms. The molecule has 1 rings (SSSR count). The number of likely N-dealkylation sites (tertiary alicyclic amines) is 1. The SMILES string of the molecule is CC(C)(C)OC(=O)N1CCC(CN)(CCO)C1. The summed E-state index contributed by atoms with van der Waals surface area (Å²) < 4.78 is 5.32. The normalized spacial score (nSPS) is 25.1. The highest BCUT2D eigenvalue weighted by Gasteiger charge is 2.39. The van der Waals surface area contributed by atoms with Gasteiger partial charge in [0, 0.05) is 25.1 Å². The molecule has 5 heteroatoms. The van der Waals surface area contributed by atoms with Gasteiger partial charge in [-0.1, -0.05) is 0 Å². The largest absolute Gasteiger partial charge is 0.444 e. The van der Waals surface area contributed by atoms with Crippen LogP contribution in [-0.4, -0.2) is 47.9 Å². The molecule has 1 amide bonds. The van der Waals surface area contributed by atoms with E-state index >= 15 is 0 Å². The molecule has 0 aliphatic carbocycles. The van der Waals surface area contributed by atoms with E-state index in [0.717, 1.165) is 6.42 Å². The number of carbonyl (C=O) groups excluding carboxylic acids is 1. The van der Waals surface area contributed by atoms with Crippen molar-refractivity contribution in [3.05, 3.63) is 0 Å². The summed E-state index contributed by atoms with van der Waals surface area (Å²) in [6.07, 6.45) is 1.19. The van der Waals surface area contributed by atoms with Gasteiger partial charge in [-0.3, -0.25) is 0 Å². The molecule has 1 aliphatic rings. The molecular formula is C12H24N2O3. The minimum absolute atomic E-state index is 0.110. The second kappa shape index (κ2) is 5.23. The summed E-state index contributed by atoms with van der Waals surface area (Å²) in [7, 11) is 0. The fraction of sp³-hybridized carbons (Fsp3) is 0.917. The first-order valence-corrected chi connectivity index (χ1v) is 6.11.